The highest BCUT2D eigenvalue weighted by atomic mass is 32.2. The van der Waals surface area contributed by atoms with E-state index in [2.05, 4.69) is 5.32 Å². The van der Waals surface area contributed by atoms with Crippen LogP contribution in [0.25, 0.3) is 0 Å². The number of pyridine rings is 1. The highest BCUT2D eigenvalue weighted by Crippen LogP contribution is 2.32. The van der Waals surface area contributed by atoms with Crippen LogP contribution in [0.2, 0.25) is 0 Å². The fraction of sp³-hybridized carbons (Fsp3) is 0.308. The zero-order valence-electron chi connectivity index (χ0n) is 21.0. The van der Waals surface area contributed by atoms with Gasteiger partial charge in [0.1, 0.15) is 11.4 Å². The number of sulfone groups is 1. The largest absolute Gasteiger partial charge is 0.493 e. The van der Waals surface area contributed by atoms with Gasteiger partial charge in [-0.2, -0.15) is 0 Å². The zero-order valence-corrected chi connectivity index (χ0v) is 21.8. The van der Waals surface area contributed by atoms with Crippen molar-refractivity contribution in [3.05, 3.63) is 74.7 Å². The number of carbonyl (C=O) groups excluding carboxylic acids is 1. The summed E-state index contributed by atoms with van der Waals surface area (Å²) in [6.45, 7) is 8.66. The number of anilines is 1. The van der Waals surface area contributed by atoms with E-state index in [1.54, 1.807) is 19.9 Å². The number of nitrogens with zero attached hydrogens (tertiary/aromatic N) is 1. The van der Waals surface area contributed by atoms with E-state index in [-0.39, 0.29) is 22.1 Å². The summed E-state index contributed by atoms with van der Waals surface area (Å²) < 4.78 is 38.6. The van der Waals surface area contributed by atoms with Crippen LogP contribution in [0.1, 0.15) is 27.9 Å². The lowest BCUT2D eigenvalue weighted by atomic mass is 10.1. The number of nitrogens with one attached hydrogen (secondary N) is 1. The third-order valence-corrected chi connectivity index (χ3v) is 7.73. The lowest BCUT2D eigenvalue weighted by Gasteiger charge is -2.17. The molecule has 1 heterocycles. The van der Waals surface area contributed by atoms with Crippen molar-refractivity contribution in [2.75, 3.05) is 19.5 Å². The summed E-state index contributed by atoms with van der Waals surface area (Å²) in [7, 11) is -1.37. The fourth-order valence-corrected chi connectivity index (χ4v) is 5.80. The summed E-state index contributed by atoms with van der Waals surface area (Å²) >= 11 is 0. The normalized spacial score (nSPS) is 11.3. The molecule has 0 spiro atoms. The Kier molecular flexibility index (Phi) is 7.40. The van der Waals surface area contributed by atoms with E-state index in [4.69, 9.17) is 9.47 Å². The SMILES string of the molecule is COc1ccc(S(=O)(=O)c2c(C)cc(C)n(CC(=O)Nc3c(C)cc(C)cc3C)c2=O)cc1OC. The molecule has 1 aromatic heterocycles. The molecule has 3 aromatic rings. The monoisotopic (exact) mass is 498 g/mol. The maximum absolute atomic E-state index is 13.5. The molecule has 1 N–H and O–H groups in total. The number of methoxy groups -OCH3 is 2. The quantitative estimate of drug-likeness (QED) is 0.530. The molecule has 3 rings (SSSR count). The molecule has 8 nitrogen and oxygen atoms in total. The van der Waals surface area contributed by atoms with Crippen LogP contribution in [-0.4, -0.2) is 33.1 Å². The molecule has 0 aliphatic heterocycles. The molecular weight excluding hydrogens is 468 g/mol. The van der Waals surface area contributed by atoms with E-state index in [1.807, 2.05) is 32.9 Å². The number of aryl methyl sites for hydroxylation is 5. The average molecular weight is 499 g/mol. The van der Waals surface area contributed by atoms with Gasteiger partial charge < -0.3 is 19.4 Å². The molecule has 186 valence electrons. The summed E-state index contributed by atoms with van der Waals surface area (Å²) in [5.74, 6) is 0.160. The molecule has 0 bridgehead atoms. The molecule has 0 radical (unpaired) electrons. The third-order valence-electron chi connectivity index (χ3n) is 5.83. The maximum Gasteiger partial charge on any atom is 0.270 e. The van der Waals surface area contributed by atoms with E-state index in [0.29, 0.717) is 22.7 Å². The van der Waals surface area contributed by atoms with Gasteiger partial charge in [-0.25, -0.2) is 8.42 Å². The number of ether oxygens (including phenoxy) is 2. The maximum atomic E-state index is 13.5. The Hall–Kier alpha value is -3.59. The smallest absolute Gasteiger partial charge is 0.270 e. The Bertz CT molecular complexity index is 1450. The Morgan fingerprint density at radius 2 is 1.49 bits per heavy atom. The summed E-state index contributed by atoms with van der Waals surface area (Å²) in [5.41, 5.74) is 3.58. The summed E-state index contributed by atoms with van der Waals surface area (Å²) in [6.07, 6.45) is 0. The number of rotatable bonds is 7. The molecule has 0 unspecified atom stereocenters. The molecule has 2 aromatic carbocycles. The standard InChI is InChI=1S/C26H30N2O6S/c1-15-10-16(2)24(17(3)11-15)27-23(29)14-28-19(5)12-18(4)25(26(28)30)35(31,32)20-8-9-21(33-6)22(13-20)34-7/h8-13H,14H2,1-7H3,(H,27,29). The predicted octanol–water partition coefficient (Wildman–Crippen LogP) is 3.88. The van der Waals surface area contributed by atoms with Gasteiger partial charge in [0.2, 0.25) is 15.7 Å². The van der Waals surface area contributed by atoms with Crippen LogP contribution < -0.4 is 20.3 Å². The Balaban J connectivity index is 2.04. The van der Waals surface area contributed by atoms with Gasteiger partial charge in [0.25, 0.3) is 5.56 Å². The van der Waals surface area contributed by atoms with Crippen LogP contribution in [0, 0.1) is 34.6 Å². The second kappa shape index (κ2) is 9.95. The summed E-state index contributed by atoms with van der Waals surface area (Å²) in [6, 6.07) is 9.64. The number of carbonyl (C=O) groups is 1. The number of aromatic nitrogens is 1. The van der Waals surface area contributed by atoms with E-state index in [9.17, 15) is 18.0 Å². The van der Waals surface area contributed by atoms with Gasteiger partial charge in [0.15, 0.2) is 11.5 Å². The van der Waals surface area contributed by atoms with Crippen LogP contribution in [0.5, 0.6) is 11.5 Å². The average Bonchev–Trinajstić information content (AvgIpc) is 2.78. The Morgan fingerprint density at radius 3 is 2.06 bits per heavy atom. The van der Waals surface area contributed by atoms with Crippen molar-refractivity contribution in [3.63, 3.8) is 0 Å². The first-order chi connectivity index (χ1) is 16.4. The second-order valence-electron chi connectivity index (χ2n) is 8.53. The third kappa shape index (κ3) is 5.09. The highest BCUT2D eigenvalue weighted by molar-refractivity contribution is 7.91. The number of hydrogen-bond acceptors (Lipinski definition) is 6. The van der Waals surface area contributed by atoms with E-state index >= 15 is 0 Å². The van der Waals surface area contributed by atoms with Crippen molar-refractivity contribution in [2.45, 2.75) is 51.0 Å². The molecule has 0 saturated carbocycles. The van der Waals surface area contributed by atoms with Gasteiger partial charge in [-0.05, 0) is 69.5 Å². The van der Waals surface area contributed by atoms with Gasteiger partial charge >= 0.3 is 0 Å². The minimum Gasteiger partial charge on any atom is -0.493 e. The van der Waals surface area contributed by atoms with Crippen molar-refractivity contribution in [2.24, 2.45) is 0 Å². The van der Waals surface area contributed by atoms with E-state index in [0.717, 1.165) is 16.7 Å². The van der Waals surface area contributed by atoms with Crippen LogP contribution in [-0.2, 0) is 21.2 Å². The van der Waals surface area contributed by atoms with Crippen molar-refractivity contribution in [1.29, 1.82) is 0 Å². The molecule has 35 heavy (non-hydrogen) atoms. The Labute approximate surface area is 205 Å². The van der Waals surface area contributed by atoms with Crippen LogP contribution in [0.3, 0.4) is 0 Å². The molecule has 9 heteroatoms. The molecule has 0 aliphatic carbocycles. The van der Waals surface area contributed by atoms with Crippen molar-refractivity contribution in [3.8, 4) is 11.5 Å². The number of amides is 1. The first-order valence-corrected chi connectivity index (χ1v) is 12.4. The zero-order chi connectivity index (χ0) is 26.1. The molecule has 1 amide bonds. The highest BCUT2D eigenvalue weighted by Gasteiger charge is 2.27. The molecule has 0 fully saturated rings. The van der Waals surface area contributed by atoms with E-state index in [1.165, 1.54) is 37.0 Å². The van der Waals surface area contributed by atoms with Crippen molar-refractivity contribution >= 4 is 21.4 Å². The van der Waals surface area contributed by atoms with E-state index < -0.39 is 21.3 Å². The van der Waals surface area contributed by atoms with Crippen molar-refractivity contribution < 1.29 is 22.7 Å². The molecule has 0 saturated heterocycles. The first kappa shape index (κ1) is 26.0. The van der Waals surface area contributed by atoms with Gasteiger partial charge in [-0.15, -0.1) is 0 Å². The fourth-order valence-electron chi connectivity index (χ4n) is 4.23. The number of hydrogen-bond donors (Lipinski definition) is 1. The first-order valence-electron chi connectivity index (χ1n) is 11.0. The minimum atomic E-state index is -4.21. The summed E-state index contributed by atoms with van der Waals surface area (Å²) in [4.78, 5) is 25.8. The van der Waals surface area contributed by atoms with Crippen molar-refractivity contribution in [1.82, 2.24) is 4.57 Å². The Morgan fingerprint density at radius 1 is 0.886 bits per heavy atom. The second-order valence-corrected chi connectivity index (χ2v) is 10.4. The summed E-state index contributed by atoms with van der Waals surface area (Å²) in [5, 5.41) is 2.86. The van der Waals surface area contributed by atoms with Crippen LogP contribution >= 0.6 is 0 Å². The van der Waals surface area contributed by atoms with Gasteiger partial charge in [-0.3, -0.25) is 9.59 Å². The molecule has 0 atom stereocenters. The molecule has 0 aliphatic rings. The lowest BCUT2D eigenvalue weighted by molar-refractivity contribution is -0.116. The topological polar surface area (TPSA) is 104 Å². The lowest BCUT2D eigenvalue weighted by Crippen LogP contribution is -2.33. The van der Waals surface area contributed by atoms with Gasteiger partial charge in [-0.1, -0.05) is 17.7 Å². The minimum absolute atomic E-state index is 0.110. The molecular formula is C26H30N2O6S. The van der Waals surface area contributed by atoms with Crippen LogP contribution in [0.15, 0.2) is 51.0 Å². The number of benzene rings is 2. The van der Waals surface area contributed by atoms with Gasteiger partial charge in [0.05, 0.1) is 19.1 Å². The predicted molar refractivity (Wildman–Crippen MR) is 134 cm³/mol. The van der Waals surface area contributed by atoms with Crippen LogP contribution in [0.4, 0.5) is 5.69 Å². The van der Waals surface area contributed by atoms with Gasteiger partial charge in [0, 0.05) is 17.4 Å².